The second-order valence-electron chi connectivity index (χ2n) is 7.65. The smallest absolute Gasteiger partial charge is 0.252 e. The highest BCUT2D eigenvalue weighted by Gasteiger charge is 2.51. The van der Waals surface area contributed by atoms with E-state index in [4.69, 9.17) is 9.47 Å². The van der Waals surface area contributed by atoms with E-state index in [2.05, 4.69) is 5.32 Å². The summed E-state index contributed by atoms with van der Waals surface area (Å²) in [6.07, 6.45) is 8.96. The van der Waals surface area contributed by atoms with Crippen molar-refractivity contribution < 1.29 is 14.3 Å². The number of rotatable bonds is 6. The number of benzene rings is 1. The van der Waals surface area contributed by atoms with E-state index in [9.17, 15) is 4.79 Å². The Bertz CT molecular complexity index is 578. The first-order valence-electron chi connectivity index (χ1n) is 9.34. The van der Waals surface area contributed by atoms with Crippen LogP contribution in [0.3, 0.4) is 0 Å². The molecule has 2 saturated carbocycles. The third kappa shape index (κ3) is 3.35. The highest BCUT2D eigenvalue weighted by molar-refractivity contribution is 5.88. The molecular formula is C20H27NO3. The van der Waals surface area contributed by atoms with Crippen LogP contribution < -0.4 is 5.32 Å². The summed E-state index contributed by atoms with van der Waals surface area (Å²) in [7, 11) is 0. The monoisotopic (exact) mass is 329 g/mol. The molecule has 3 aliphatic rings. The zero-order valence-corrected chi connectivity index (χ0v) is 14.3. The van der Waals surface area contributed by atoms with Crippen LogP contribution in [0.4, 0.5) is 0 Å². The number of ether oxygens (including phenoxy) is 2. The third-order valence-electron chi connectivity index (χ3n) is 5.81. The summed E-state index contributed by atoms with van der Waals surface area (Å²) in [4.78, 5) is 12.5. The Morgan fingerprint density at radius 1 is 1.12 bits per heavy atom. The van der Waals surface area contributed by atoms with Gasteiger partial charge in [-0.2, -0.15) is 0 Å². The average molecular weight is 329 g/mol. The first-order valence-corrected chi connectivity index (χ1v) is 9.34. The Kier molecular flexibility index (Phi) is 4.35. The average Bonchev–Trinajstić information content (AvgIpc) is 3.39. The van der Waals surface area contributed by atoms with Gasteiger partial charge in [-0.3, -0.25) is 4.79 Å². The summed E-state index contributed by atoms with van der Waals surface area (Å²) in [5, 5.41) is 3.09. The number of carbonyl (C=O) groups is 1. The van der Waals surface area contributed by atoms with Crippen LogP contribution in [-0.2, 0) is 20.9 Å². The van der Waals surface area contributed by atoms with Gasteiger partial charge in [0.1, 0.15) is 5.60 Å². The minimum atomic E-state index is -0.599. The van der Waals surface area contributed by atoms with Crippen molar-refractivity contribution in [1.82, 2.24) is 5.32 Å². The molecule has 0 aromatic heterocycles. The maximum absolute atomic E-state index is 12.5. The fraction of sp³-hybridized carbons (Fsp3) is 0.650. The SMILES string of the molecule is O=C(NCC1CCCC2(CCC2)O1)C1(OCc2ccccc2)CC1. The normalized spacial score (nSPS) is 26.6. The van der Waals surface area contributed by atoms with Gasteiger partial charge in [-0.05, 0) is 56.9 Å². The molecule has 4 heteroatoms. The molecule has 4 rings (SSSR count). The molecule has 1 N–H and O–H groups in total. The fourth-order valence-corrected chi connectivity index (χ4v) is 3.92. The molecule has 1 amide bonds. The van der Waals surface area contributed by atoms with Crippen molar-refractivity contribution in [3.63, 3.8) is 0 Å². The molecule has 130 valence electrons. The van der Waals surface area contributed by atoms with Gasteiger partial charge < -0.3 is 14.8 Å². The zero-order chi connectivity index (χ0) is 16.5. The summed E-state index contributed by atoms with van der Waals surface area (Å²) < 4.78 is 12.2. The van der Waals surface area contributed by atoms with Gasteiger partial charge in [-0.1, -0.05) is 30.3 Å². The van der Waals surface area contributed by atoms with E-state index in [1.165, 1.54) is 32.1 Å². The van der Waals surface area contributed by atoms with E-state index >= 15 is 0 Å². The van der Waals surface area contributed by atoms with Gasteiger partial charge in [0.05, 0.1) is 18.3 Å². The van der Waals surface area contributed by atoms with Gasteiger partial charge in [0.15, 0.2) is 0 Å². The quantitative estimate of drug-likeness (QED) is 0.871. The third-order valence-corrected chi connectivity index (χ3v) is 5.81. The Labute approximate surface area is 143 Å². The van der Waals surface area contributed by atoms with Crippen LogP contribution in [0.1, 0.15) is 56.9 Å². The molecule has 1 spiro atoms. The van der Waals surface area contributed by atoms with Crippen molar-refractivity contribution in [3.05, 3.63) is 35.9 Å². The topological polar surface area (TPSA) is 47.6 Å². The largest absolute Gasteiger partial charge is 0.370 e. The lowest BCUT2D eigenvalue weighted by molar-refractivity contribution is -0.169. The van der Waals surface area contributed by atoms with E-state index < -0.39 is 5.60 Å². The highest BCUT2D eigenvalue weighted by Crippen LogP contribution is 2.44. The second kappa shape index (κ2) is 6.49. The molecule has 4 nitrogen and oxygen atoms in total. The van der Waals surface area contributed by atoms with Gasteiger partial charge in [-0.15, -0.1) is 0 Å². The minimum Gasteiger partial charge on any atom is -0.370 e. The van der Waals surface area contributed by atoms with Crippen LogP contribution in [-0.4, -0.2) is 29.8 Å². The number of nitrogens with one attached hydrogen (secondary N) is 1. The van der Waals surface area contributed by atoms with Gasteiger partial charge in [0, 0.05) is 6.54 Å². The van der Waals surface area contributed by atoms with Gasteiger partial charge in [0.2, 0.25) is 0 Å². The van der Waals surface area contributed by atoms with Crippen LogP contribution >= 0.6 is 0 Å². The summed E-state index contributed by atoms with van der Waals surface area (Å²) in [5.41, 5.74) is 0.659. The zero-order valence-electron chi connectivity index (χ0n) is 14.3. The van der Waals surface area contributed by atoms with Crippen LogP contribution in [0.15, 0.2) is 30.3 Å². The molecule has 1 atom stereocenters. The number of hydrogen-bond donors (Lipinski definition) is 1. The summed E-state index contributed by atoms with van der Waals surface area (Å²) in [6.45, 7) is 1.12. The maximum Gasteiger partial charge on any atom is 0.252 e. The van der Waals surface area contributed by atoms with E-state index in [0.29, 0.717) is 13.2 Å². The Morgan fingerprint density at radius 2 is 1.88 bits per heavy atom. The van der Waals surface area contributed by atoms with Crippen molar-refractivity contribution in [2.24, 2.45) is 0 Å². The molecular weight excluding hydrogens is 302 g/mol. The predicted molar refractivity (Wildman–Crippen MR) is 91.5 cm³/mol. The molecule has 1 aromatic rings. The molecule has 1 heterocycles. The second-order valence-corrected chi connectivity index (χ2v) is 7.65. The van der Waals surface area contributed by atoms with E-state index in [-0.39, 0.29) is 17.6 Å². The van der Waals surface area contributed by atoms with Crippen molar-refractivity contribution in [3.8, 4) is 0 Å². The van der Waals surface area contributed by atoms with Crippen LogP contribution in [0.25, 0.3) is 0 Å². The van der Waals surface area contributed by atoms with Gasteiger partial charge >= 0.3 is 0 Å². The van der Waals surface area contributed by atoms with Crippen LogP contribution in [0.5, 0.6) is 0 Å². The molecule has 2 aliphatic carbocycles. The van der Waals surface area contributed by atoms with Crippen LogP contribution in [0, 0.1) is 0 Å². The highest BCUT2D eigenvalue weighted by atomic mass is 16.5. The van der Waals surface area contributed by atoms with E-state index in [0.717, 1.165) is 24.8 Å². The molecule has 1 saturated heterocycles. The lowest BCUT2D eigenvalue weighted by Crippen LogP contribution is -2.50. The van der Waals surface area contributed by atoms with E-state index in [1.54, 1.807) is 0 Å². The minimum absolute atomic E-state index is 0.0373. The summed E-state index contributed by atoms with van der Waals surface area (Å²) >= 11 is 0. The van der Waals surface area contributed by atoms with E-state index in [1.807, 2.05) is 30.3 Å². The fourth-order valence-electron chi connectivity index (χ4n) is 3.92. The summed E-state index contributed by atoms with van der Waals surface area (Å²) in [6, 6.07) is 10.0. The molecule has 1 aliphatic heterocycles. The molecule has 0 bridgehead atoms. The van der Waals surface area contributed by atoms with Crippen molar-refractivity contribution in [2.45, 2.75) is 75.3 Å². The van der Waals surface area contributed by atoms with Crippen molar-refractivity contribution in [1.29, 1.82) is 0 Å². The number of carbonyl (C=O) groups excluding carboxylic acids is 1. The first-order chi connectivity index (χ1) is 11.7. The van der Waals surface area contributed by atoms with Crippen molar-refractivity contribution in [2.75, 3.05) is 6.54 Å². The first kappa shape index (κ1) is 16.1. The predicted octanol–water partition coefficient (Wildman–Crippen LogP) is 3.34. The standard InChI is InChI=1S/C20H27NO3/c22-18(20(12-13-20)23-15-16-6-2-1-3-7-16)21-14-17-8-4-9-19(24-17)10-5-11-19/h1-3,6-7,17H,4-5,8-15H2,(H,21,22). The summed E-state index contributed by atoms with van der Waals surface area (Å²) in [5.74, 6) is 0.0373. The Balaban J connectivity index is 1.25. The number of amides is 1. The van der Waals surface area contributed by atoms with Gasteiger partial charge in [0.25, 0.3) is 5.91 Å². The molecule has 3 fully saturated rings. The van der Waals surface area contributed by atoms with Crippen LogP contribution in [0.2, 0.25) is 0 Å². The number of hydrogen-bond acceptors (Lipinski definition) is 3. The van der Waals surface area contributed by atoms with Gasteiger partial charge in [-0.25, -0.2) is 0 Å². The molecule has 24 heavy (non-hydrogen) atoms. The van der Waals surface area contributed by atoms with Crippen molar-refractivity contribution >= 4 is 5.91 Å². The lowest BCUT2D eigenvalue weighted by atomic mass is 9.74. The lowest BCUT2D eigenvalue weighted by Gasteiger charge is -2.47. The maximum atomic E-state index is 12.5. The Morgan fingerprint density at radius 3 is 2.54 bits per heavy atom. The Hall–Kier alpha value is -1.39. The molecule has 1 aromatic carbocycles. The molecule has 1 unspecified atom stereocenters. The molecule has 0 radical (unpaired) electrons.